The zero-order chi connectivity index (χ0) is 22.5. The maximum absolute atomic E-state index is 13.0. The number of allylic oxidation sites excluding steroid dienone is 2. The molecule has 3 aromatic rings. The number of benzene rings is 3. The van der Waals surface area contributed by atoms with Gasteiger partial charge in [0.05, 0.1) is 18.1 Å². The second-order valence-corrected chi connectivity index (χ2v) is 9.28. The van der Waals surface area contributed by atoms with Gasteiger partial charge in [0.25, 0.3) is 11.8 Å². The van der Waals surface area contributed by atoms with Crippen LogP contribution in [0.25, 0.3) is 10.8 Å². The minimum atomic E-state index is -0.266. The second kappa shape index (κ2) is 7.85. The Morgan fingerprint density at radius 2 is 1.64 bits per heavy atom. The van der Waals surface area contributed by atoms with Crippen LogP contribution in [0.2, 0.25) is 5.02 Å². The van der Waals surface area contributed by atoms with Crippen LogP contribution >= 0.6 is 11.6 Å². The first-order valence-electron chi connectivity index (χ1n) is 11.1. The fraction of sp³-hybridized carbons (Fsp3) is 0.222. The molecule has 2 fully saturated rings. The van der Waals surface area contributed by atoms with Crippen LogP contribution in [0, 0.1) is 23.7 Å². The van der Waals surface area contributed by atoms with Gasteiger partial charge in [-0.05, 0) is 52.8 Å². The fourth-order valence-electron chi connectivity index (χ4n) is 5.39. The number of hydrogen-bond acceptors (Lipinski definition) is 4. The van der Waals surface area contributed by atoms with Crippen LogP contribution in [0.4, 0.5) is 0 Å². The highest BCUT2D eigenvalue weighted by atomic mass is 35.5. The first-order chi connectivity index (χ1) is 16.1. The monoisotopic (exact) mass is 456 g/mol. The molecule has 6 heteroatoms. The number of imide groups is 1. The molecule has 0 N–H and O–H groups in total. The summed E-state index contributed by atoms with van der Waals surface area (Å²) < 4.78 is 6.13. The van der Waals surface area contributed by atoms with Crippen LogP contribution in [0.1, 0.15) is 17.5 Å². The molecule has 0 unspecified atom stereocenters. The summed E-state index contributed by atoms with van der Waals surface area (Å²) in [7, 11) is 0. The summed E-state index contributed by atoms with van der Waals surface area (Å²) in [6.45, 7) is 0.358. The van der Waals surface area contributed by atoms with Gasteiger partial charge in [0.15, 0.2) is 0 Å². The van der Waals surface area contributed by atoms with Crippen molar-refractivity contribution in [3.8, 4) is 5.75 Å². The summed E-state index contributed by atoms with van der Waals surface area (Å²) in [6.07, 6.45) is 6.65. The van der Waals surface area contributed by atoms with Gasteiger partial charge in [0.2, 0.25) is 0 Å². The average Bonchev–Trinajstić information content (AvgIpc) is 3.52. The molecule has 4 atom stereocenters. The summed E-state index contributed by atoms with van der Waals surface area (Å²) >= 11 is 5.98. The summed E-state index contributed by atoms with van der Waals surface area (Å²) in [6, 6.07) is 19.3. The molecule has 0 spiro atoms. The largest absolute Gasteiger partial charge is 0.488 e. The smallest absolute Gasteiger partial charge is 0.254 e. The van der Waals surface area contributed by atoms with E-state index in [2.05, 4.69) is 17.3 Å². The maximum atomic E-state index is 13.0. The SMILES string of the molecule is O=C1[C@H]2[C@H](C(=O)N1/N=C\c1c(OCc3ccc(Cl)cc3)ccc3ccccc13)[C@H]1C=C[C@H]2C1. The van der Waals surface area contributed by atoms with Crippen molar-refractivity contribution < 1.29 is 14.3 Å². The van der Waals surface area contributed by atoms with Gasteiger partial charge in [-0.1, -0.05) is 66.2 Å². The van der Waals surface area contributed by atoms with Crippen LogP contribution in [-0.2, 0) is 16.2 Å². The number of hydrazone groups is 1. The summed E-state index contributed by atoms with van der Waals surface area (Å²) in [4.78, 5) is 26.0. The van der Waals surface area contributed by atoms with Crippen LogP contribution in [0.15, 0.2) is 77.9 Å². The van der Waals surface area contributed by atoms with Gasteiger partial charge in [-0.15, -0.1) is 0 Å². The third-order valence-corrected chi connectivity index (χ3v) is 7.24. The minimum absolute atomic E-state index is 0.160. The third kappa shape index (κ3) is 3.35. The molecule has 6 rings (SSSR count). The zero-order valence-corrected chi connectivity index (χ0v) is 18.5. The van der Waals surface area contributed by atoms with Gasteiger partial charge in [0, 0.05) is 10.6 Å². The van der Waals surface area contributed by atoms with Crippen LogP contribution in [-0.4, -0.2) is 23.0 Å². The first kappa shape index (κ1) is 20.2. The van der Waals surface area contributed by atoms with Gasteiger partial charge < -0.3 is 4.74 Å². The predicted molar refractivity (Wildman–Crippen MR) is 127 cm³/mol. The van der Waals surface area contributed by atoms with Crippen molar-refractivity contribution in [3.05, 3.63) is 89.0 Å². The van der Waals surface area contributed by atoms with Gasteiger partial charge in [0.1, 0.15) is 12.4 Å². The molecule has 2 aliphatic carbocycles. The molecule has 2 amide bonds. The summed E-state index contributed by atoms with van der Waals surface area (Å²) in [5, 5.41) is 8.11. The Labute approximate surface area is 196 Å². The van der Waals surface area contributed by atoms with Crippen LogP contribution in [0.3, 0.4) is 0 Å². The lowest BCUT2D eigenvalue weighted by Gasteiger charge is -2.14. The van der Waals surface area contributed by atoms with Crippen molar-refractivity contribution in [2.75, 3.05) is 0 Å². The highest BCUT2D eigenvalue weighted by molar-refractivity contribution is 6.30. The number of fused-ring (bicyclic) bond motifs is 6. The van der Waals surface area contributed by atoms with Gasteiger partial charge in [-0.25, -0.2) is 0 Å². The standard InChI is InChI=1S/C27H21ClN2O3/c28-20-10-5-16(6-11-20)15-33-23-12-9-17-3-1-2-4-21(17)22(23)14-29-30-26(31)24-18-7-8-19(13-18)25(24)27(30)32/h1-12,14,18-19,24-25H,13,15H2/b29-14-/t18-,19-,24+,25+/m0/s1. The van der Waals surface area contributed by atoms with E-state index in [4.69, 9.17) is 16.3 Å². The molecule has 1 heterocycles. The summed E-state index contributed by atoms with van der Waals surface area (Å²) in [5.41, 5.74) is 1.72. The van der Waals surface area contributed by atoms with Gasteiger partial charge in [-0.3, -0.25) is 9.59 Å². The van der Waals surface area contributed by atoms with Crippen LogP contribution < -0.4 is 4.74 Å². The molecular weight excluding hydrogens is 436 g/mol. The van der Waals surface area contributed by atoms with E-state index in [1.54, 1.807) is 6.21 Å². The third-order valence-electron chi connectivity index (χ3n) is 6.99. The van der Waals surface area contributed by atoms with E-state index in [0.717, 1.165) is 33.3 Å². The second-order valence-electron chi connectivity index (χ2n) is 8.85. The molecule has 0 radical (unpaired) electrons. The molecule has 33 heavy (non-hydrogen) atoms. The van der Waals surface area contributed by atoms with Crippen molar-refractivity contribution >= 4 is 40.4 Å². The highest BCUT2D eigenvalue weighted by Gasteiger charge is 2.59. The number of carbonyl (C=O) groups is 2. The number of hydrogen-bond donors (Lipinski definition) is 0. The fourth-order valence-corrected chi connectivity index (χ4v) is 5.52. The van der Waals surface area contributed by atoms with E-state index in [0.29, 0.717) is 17.4 Å². The topological polar surface area (TPSA) is 59.0 Å². The first-order valence-corrected chi connectivity index (χ1v) is 11.5. The predicted octanol–water partition coefficient (Wildman–Crippen LogP) is 5.21. The van der Waals surface area contributed by atoms with E-state index in [1.807, 2.05) is 60.7 Å². The van der Waals surface area contributed by atoms with Gasteiger partial charge >= 0.3 is 0 Å². The molecule has 1 saturated carbocycles. The lowest BCUT2D eigenvalue weighted by atomic mass is 9.85. The number of rotatable bonds is 5. The van der Waals surface area contributed by atoms with Crippen molar-refractivity contribution in [1.29, 1.82) is 0 Å². The number of amides is 2. The van der Waals surface area contributed by atoms with E-state index in [1.165, 1.54) is 0 Å². The average molecular weight is 457 g/mol. The Morgan fingerprint density at radius 3 is 2.36 bits per heavy atom. The van der Waals surface area contributed by atoms with Crippen molar-refractivity contribution in [3.63, 3.8) is 0 Å². The normalized spacial score (nSPS) is 25.5. The Morgan fingerprint density at radius 1 is 0.939 bits per heavy atom. The molecule has 2 bridgehead atoms. The quantitative estimate of drug-likeness (QED) is 0.300. The molecule has 3 aromatic carbocycles. The number of nitrogens with zero attached hydrogens (tertiary/aromatic N) is 2. The molecule has 0 aromatic heterocycles. The van der Waals surface area contributed by atoms with E-state index >= 15 is 0 Å². The maximum Gasteiger partial charge on any atom is 0.254 e. The van der Waals surface area contributed by atoms with Crippen molar-refractivity contribution in [2.45, 2.75) is 13.0 Å². The molecule has 1 saturated heterocycles. The number of carbonyl (C=O) groups excluding carboxylic acids is 2. The minimum Gasteiger partial charge on any atom is -0.488 e. The Balaban J connectivity index is 1.32. The molecule has 3 aliphatic rings. The number of halogens is 1. The lowest BCUT2D eigenvalue weighted by molar-refractivity contribution is -0.140. The highest BCUT2D eigenvalue weighted by Crippen LogP contribution is 2.52. The van der Waals surface area contributed by atoms with Crippen molar-refractivity contribution in [1.82, 2.24) is 5.01 Å². The summed E-state index contributed by atoms with van der Waals surface area (Å²) in [5.74, 6) is 0.0351. The molecular formula is C27H21ClN2O3. The van der Waals surface area contributed by atoms with E-state index < -0.39 is 0 Å². The Kier molecular flexibility index (Phi) is 4.80. The zero-order valence-electron chi connectivity index (χ0n) is 17.7. The lowest BCUT2D eigenvalue weighted by Crippen LogP contribution is -2.28. The van der Waals surface area contributed by atoms with E-state index in [9.17, 15) is 9.59 Å². The molecule has 5 nitrogen and oxygen atoms in total. The van der Waals surface area contributed by atoms with Crippen LogP contribution in [0.5, 0.6) is 5.75 Å². The van der Waals surface area contributed by atoms with Gasteiger partial charge in [-0.2, -0.15) is 10.1 Å². The molecule has 164 valence electrons. The molecule has 1 aliphatic heterocycles. The Hall–Kier alpha value is -3.44. The number of ether oxygens (including phenoxy) is 1. The Bertz CT molecular complexity index is 1300. The van der Waals surface area contributed by atoms with E-state index in [-0.39, 0.29) is 35.5 Å². The van der Waals surface area contributed by atoms with Crippen molar-refractivity contribution in [2.24, 2.45) is 28.8 Å².